The molecular formula is C15H18F2N2O2. The maximum Gasteiger partial charge on any atom is 0.275 e. The van der Waals surface area contributed by atoms with Crippen LogP contribution in [0.5, 0.6) is 0 Å². The molecule has 21 heavy (non-hydrogen) atoms. The first kappa shape index (κ1) is 14.4. The fourth-order valence-corrected chi connectivity index (χ4v) is 3.33. The third-order valence-corrected chi connectivity index (χ3v) is 4.57. The summed E-state index contributed by atoms with van der Waals surface area (Å²) >= 11 is 0. The van der Waals surface area contributed by atoms with Gasteiger partial charge >= 0.3 is 0 Å². The Bertz CT molecular complexity index is 552. The number of carbonyl (C=O) groups is 2. The molecule has 3 aliphatic rings. The highest BCUT2D eigenvalue weighted by Crippen LogP contribution is 2.45. The van der Waals surface area contributed by atoms with Crippen molar-refractivity contribution in [3.8, 4) is 0 Å². The highest BCUT2D eigenvalue weighted by atomic mass is 19.1. The Morgan fingerprint density at radius 3 is 2.57 bits per heavy atom. The van der Waals surface area contributed by atoms with Gasteiger partial charge in [-0.05, 0) is 31.4 Å². The lowest BCUT2D eigenvalue weighted by molar-refractivity contribution is -0.160. The van der Waals surface area contributed by atoms with Gasteiger partial charge < -0.3 is 0 Å². The molecule has 4 nitrogen and oxygen atoms in total. The summed E-state index contributed by atoms with van der Waals surface area (Å²) in [4.78, 5) is 25.0. The predicted molar refractivity (Wildman–Crippen MR) is 72.2 cm³/mol. The maximum atomic E-state index is 14.9. The second kappa shape index (κ2) is 5.02. The molecule has 1 aliphatic carbocycles. The lowest BCUT2D eigenvalue weighted by atomic mass is 9.79. The van der Waals surface area contributed by atoms with Crippen LogP contribution in [0.1, 0.15) is 32.6 Å². The number of imide groups is 1. The van der Waals surface area contributed by atoms with Crippen molar-refractivity contribution >= 4 is 11.8 Å². The Hall–Kier alpha value is -1.56. The molecule has 0 saturated carbocycles. The van der Waals surface area contributed by atoms with Crippen LogP contribution in [0.15, 0.2) is 23.6 Å². The Morgan fingerprint density at radius 1 is 1.29 bits per heavy atom. The SMILES string of the molecule is CCC1(F)C=CC(F)=C2C(=O)N(N3CCCCC3)C(=O)C21. The van der Waals surface area contributed by atoms with Gasteiger partial charge in [0.05, 0.1) is 5.57 Å². The second-order valence-corrected chi connectivity index (χ2v) is 5.78. The van der Waals surface area contributed by atoms with Crippen molar-refractivity contribution in [1.82, 2.24) is 10.0 Å². The predicted octanol–water partition coefficient (Wildman–Crippen LogP) is 2.28. The third-order valence-electron chi connectivity index (χ3n) is 4.57. The molecule has 2 aliphatic heterocycles. The molecular weight excluding hydrogens is 278 g/mol. The van der Waals surface area contributed by atoms with Crippen molar-refractivity contribution in [3.63, 3.8) is 0 Å². The Balaban J connectivity index is 2.00. The van der Waals surface area contributed by atoms with E-state index in [4.69, 9.17) is 0 Å². The summed E-state index contributed by atoms with van der Waals surface area (Å²) in [5.74, 6) is -3.48. The van der Waals surface area contributed by atoms with Crippen LogP contribution >= 0.6 is 0 Å². The van der Waals surface area contributed by atoms with Gasteiger partial charge in [0.1, 0.15) is 17.4 Å². The van der Waals surface area contributed by atoms with Crippen LogP contribution in [-0.2, 0) is 9.59 Å². The standard InChI is InChI=1S/C15H18F2N2O2/c1-2-15(17)7-6-10(16)11-12(15)14(21)19(13(11)20)18-8-4-3-5-9-18/h6-7,12H,2-5,8-9H2,1H3. The first-order chi connectivity index (χ1) is 9.99. The first-order valence-corrected chi connectivity index (χ1v) is 7.40. The highest BCUT2D eigenvalue weighted by Gasteiger charge is 2.57. The molecule has 2 unspecified atom stereocenters. The van der Waals surface area contributed by atoms with E-state index in [2.05, 4.69) is 0 Å². The van der Waals surface area contributed by atoms with Gasteiger partial charge in [-0.3, -0.25) is 9.59 Å². The third kappa shape index (κ3) is 2.04. The number of amides is 2. The van der Waals surface area contributed by atoms with Gasteiger partial charge in [0, 0.05) is 13.1 Å². The summed E-state index contributed by atoms with van der Waals surface area (Å²) in [5.41, 5.74) is -2.31. The number of halogens is 2. The molecule has 0 radical (unpaired) electrons. The highest BCUT2D eigenvalue weighted by molar-refractivity contribution is 6.15. The topological polar surface area (TPSA) is 40.6 Å². The summed E-state index contributed by atoms with van der Waals surface area (Å²) in [6, 6.07) is 0. The number of fused-ring (bicyclic) bond motifs is 1. The van der Waals surface area contributed by atoms with E-state index >= 15 is 0 Å². The fraction of sp³-hybridized carbons (Fsp3) is 0.600. The number of piperidine rings is 1. The summed E-state index contributed by atoms with van der Waals surface area (Å²) in [6.45, 7) is 2.72. The van der Waals surface area contributed by atoms with Crippen molar-refractivity contribution < 1.29 is 18.4 Å². The molecule has 2 heterocycles. The van der Waals surface area contributed by atoms with Gasteiger partial charge in [0.25, 0.3) is 11.8 Å². The van der Waals surface area contributed by atoms with Gasteiger partial charge in [0.2, 0.25) is 0 Å². The van der Waals surface area contributed by atoms with E-state index in [1.807, 2.05) is 0 Å². The second-order valence-electron chi connectivity index (χ2n) is 5.78. The summed E-state index contributed by atoms with van der Waals surface area (Å²) < 4.78 is 28.9. The number of allylic oxidation sites excluding steroid dienone is 3. The smallest absolute Gasteiger partial charge is 0.272 e. The van der Waals surface area contributed by atoms with E-state index in [1.54, 1.807) is 11.9 Å². The molecule has 0 bridgehead atoms. The molecule has 0 spiro atoms. The Kier molecular flexibility index (Phi) is 3.43. The van der Waals surface area contributed by atoms with Gasteiger partial charge in [-0.2, -0.15) is 0 Å². The largest absolute Gasteiger partial charge is 0.275 e. The quantitative estimate of drug-likeness (QED) is 0.734. The summed E-state index contributed by atoms with van der Waals surface area (Å²) in [5, 5.41) is 2.60. The van der Waals surface area contributed by atoms with E-state index in [0.29, 0.717) is 13.1 Å². The normalized spacial score (nSPS) is 33.9. The number of hydrogen-bond acceptors (Lipinski definition) is 3. The van der Waals surface area contributed by atoms with E-state index < -0.39 is 29.2 Å². The zero-order chi connectivity index (χ0) is 15.2. The summed E-state index contributed by atoms with van der Waals surface area (Å²) in [6.07, 6.45) is 4.85. The molecule has 114 valence electrons. The molecule has 3 rings (SSSR count). The molecule has 0 aromatic rings. The van der Waals surface area contributed by atoms with Crippen molar-refractivity contribution in [2.45, 2.75) is 38.3 Å². The van der Waals surface area contributed by atoms with Crippen LogP contribution in [0, 0.1) is 5.92 Å². The molecule has 2 fully saturated rings. The monoisotopic (exact) mass is 296 g/mol. The minimum atomic E-state index is -1.98. The van der Waals surface area contributed by atoms with Gasteiger partial charge in [-0.25, -0.2) is 18.8 Å². The number of alkyl halides is 1. The minimum Gasteiger partial charge on any atom is -0.272 e. The fourth-order valence-electron chi connectivity index (χ4n) is 3.33. The van der Waals surface area contributed by atoms with Crippen molar-refractivity contribution in [2.75, 3.05) is 13.1 Å². The molecule has 0 aromatic carbocycles. The van der Waals surface area contributed by atoms with E-state index in [-0.39, 0.29) is 12.0 Å². The van der Waals surface area contributed by atoms with Crippen LogP contribution in [-0.4, -0.2) is 40.6 Å². The van der Waals surface area contributed by atoms with E-state index in [1.165, 1.54) is 0 Å². The van der Waals surface area contributed by atoms with Crippen LogP contribution in [0.2, 0.25) is 0 Å². The summed E-state index contributed by atoms with van der Waals surface area (Å²) in [7, 11) is 0. The van der Waals surface area contributed by atoms with Gasteiger partial charge in [-0.1, -0.05) is 13.3 Å². The first-order valence-electron chi connectivity index (χ1n) is 7.40. The Labute approximate surface area is 122 Å². The number of hydrogen-bond donors (Lipinski definition) is 0. The van der Waals surface area contributed by atoms with Gasteiger partial charge in [0.15, 0.2) is 0 Å². The van der Waals surface area contributed by atoms with Crippen LogP contribution in [0.4, 0.5) is 8.78 Å². The van der Waals surface area contributed by atoms with Gasteiger partial charge in [-0.15, -0.1) is 0 Å². The number of hydrazine groups is 1. The van der Waals surface area contributed by atoms with Crippen molar-refractivity contribution in [1.29, 1.82) is 0 Å². The maximum absolute atomic E-state index is 14.9. The zero-order valence-electron chi connectivity index (χ0n) is 11.9. The lowest BCUT2D eigenvalue weighted by Gasteiger charge is -2.33. The molecule has 0 N–H and O–H groups in total. The molecule has 2 saturated heterocycles. The Morgan fingerprint density at radius 2 is 1.95 bits per heavy atom. The average Bonchev–Trinajstić information content (AvgIpc) is 2.77. The van der Waals surface area contributed by atoms with Crippen molar-refractivity contribution in [2.24, 2.45) is 5.92 Å². The van der Waals surface area contributed by atoms with E-state index in [0.717, 1.165) is 36.4 Å². The van der Waals surface area contributed by atoms with E-state index in [9.17, 15) is 18.4 Å². The number of nitrogens with zero attached hydrogens (tertiary/aromatic N) is 2. The number of carbonyl (C=O) groups excluding carboxylic acids is 2. The molecule has 2 amide bonds. The lowest BCUT2D eigenvalue weighted by Crippen LogP contribution is -2.50. The van der Waals surface area contributed by atoms with Crippen LogP contribution in [0.3, 0.4) is 0 Å². The number of rotatable bonds is 2. The molecule has 0 aromatic heterocycles. The molecule has 2 atom stereocenters. The minimum absolute atomic E-state index is 0.0256. The van der Waals surface area contributed by atoms with Crippen LogP contribution < -0.4 is 0 Å². The molecule has 6 heteroatoms. The average molecular weight is 296 g/mol. The van der Waals surface area contributed by atoms with Crippen LogP contribution in [0.25, 0.3) is 0 Å². The zero-order valence-corrected chi connectivity index (χ0v) is 11.9. The van der Waals surface area contributed by atoms with Crippen molar-refractivity contribution in [3.05, 3.63) is 23.6 Å².